The lowest BCUT2D eigenvalue weighted by atomic mass is 9.48. The number of halogens is 1. The first-order valence-corrected chi connectivity index (χ1v) is 13.7. The fraction of sp³-hybridized carbons (Fsp3) is 0.364. The van der Waals surface area contributed by atoms with Crippen LogP contribution in [0.25, 0.3) is 49.0 Å². The third-order valence-corrected chi connectivity index (χ3v) is 10.4. The number of para-hydroxylation sites is 1. The van der Waals surface area contributed by atoms with Crippen LogP contribution in [0.1, 0.15) is 49.7 Å². The molecule has 0 spiro atoms. The summed E-state index contributed by atoms with van der Waals surface area (Å²) in [4.78, 5) is 0. The fourth-order valence-corrected chi connectivity index (χ4v) is 9.52. The van der Waals surface area contributed by atoms with Gasteiger partial charge in [0, 0.05) is 16.8 Å². The Labute approximate surface area is 209 Å². The van der Waals surface area contributed by atoms with Crippen LogP contribution in [0.2, 0.25) is 0 Å². The Bertz CT molecular complexity index is 1870. The van der Waals surface area contributed by atoms with E-state index in [9.17, 15) is 0 Å². The van der Waals surface area contributed by atoms with E-state index in [2.05, 4.69) is 65.5 Å². The Balaban J connectivity index is 1.51. The second kappa shape index (κ2) is 6.37. The largest absolute Gasteiger partial charge is 0.307 e. The first-order chi connectivity index (χ1) is 17.5. The summed E-state index contributed by atoms with van der Waals surface area (Å²) in [6.45, 7) is 2.06. The number of benzene rings is 3. The monoisotopic (exact) mass is 473 g/mol. The first-order valence-electron chi connectivity index (χ1n) is 13.7. The molecule has 6 aromatic rings. The number of nitrogens with zero attached hydrogens (tertiary/aromatic N) is 2. The molecular weight excluding hydrogens is 443 g/mol. The van der Waals surface area contributed by atoms with Crippen LogP contribution in [-0.2, 0) is 12.5 Å². The van der Waals surface area contributed by atoms with E-state index in [1.54, 1.807) is 6.07 Å². The highest BCUT2D eigenvalue weighted by molar-refractivity contribution is 6.26. The van der Waals surface area contributed by atoms with Gasteiger partial charge in [0.05, 0.1) is 27.3 Å². The molecule has 4 fully saturated rings. The molecule has 178 valence electrons. The SMILES string of the molecule is Cc1cc(F)c2c3ccccc3n3c4cc(C56CC7CC(CC(C7)C5)C6)cc5cc[n+](C)c(c1c23)c54. The molecule has 2 nitrogen and oxygen atoms in total. The van der Waals surface area contributed by atoms with E-state index >= 15 is 4.39 Å². The number of aromatic nitrogens is 2. The van der Waals surface area contributed by atoms with Crippen LogP contribution >= 0.6 is 0 Å². The quantitative estimate of drug-likeness (QED) is 0.131. The summed E-state index contributed by atoms with van der Waals surface area (Å²) in [5.41, 5.74) is 7.46. The highest BCUT2D eigenvalue weighted by atomic mass is 19.1. The molecule has 0 N–H and O–H groups in total. The van der Waals surface area contributed by atoms with E-state index in [1.165, 1.54) is 71.3 Å². The van der Waals surface area contributed by atoms with Gasteiger partial charge in [-0.1, -0.05) is 18.2 Å². The predicted octanol–water partition coefficient (Wildman–Crippen LogP) is 7.73. The van der Waals surface area contributed by atoms with Crippen molar-refractivity contribution in [2.24, 2.45) is 24.8 Å². The van der Waals surface area contributed by atoms with Crippen molar-refractivity contribution in [3.05, 3.63) is 71.7 Å². The maximum Gasteiger partial charge on any atom is 0.224 e. The standard InChI is InChI=1S/C33H30FN2/c1-18-9-25(34)30-24-5-3-4-6-26(24)36-27-14-23(33-15-19-10-20(16-33)12-21(11-19)17-33)13-22-7-8-35(2)31(29(22)27)28(18)32(30)36/h3-9,13-14,19-21H,10-12,15-17H2,1-2H3/q+1. The van der Waals surface area contributed by atoms with Crippen molar-refractivity contribution in [2.75, 3.05) is 0 Å². The highest BCUT2D eigenvalue weighted by Gasteiger charge is 2.51. The number of hydrogen-bond donors (Lipinski definition) is 0. The maximum absolute atomic E-state index is 15.7. The van der Waals surface area contributed by atoms with E-state index < -0.39 is 0 Å². The normalized spacial score (nSPS) is 27.6. The Morgan fingerprint density at radius 3 is 2.33 bits per heavy atom. The summed E-state index contributed by atoms with van der Waals surface area (Å²) in [7, 11) is 2.14. The Hall–Kier alpha value is -3.20. The second-order valence-electron chi connectivity index (χ2n) is 12.6. The molecule has 0 saturated heterocycles. The van der Waals surface area contributed by atoms with Gasteiger partial charge in [0.15, 0.2) is 6.20 Å². The highest BCUT2D eigenvalue weighted by Crippen LogP contribution is 2.61. The van der Waals surface area contributed by atoms with Crippen molar-refractivity contribution >= 4 is 49.0 Å². The number of hydrogen-bond acceptors (Lipinski definition) is 0. The first kappa shape index (κ1) is 19.9. The number of fused-ring (bicyclic) bond motifs is 5. The van der Waals surface area contributed by atoms with Crippen LogP contribution in [-0.4, -0.2) is 4.40 Å². The zero-order valence-corrected chi connectivity index (χ0v) is 20.9. The third-order valence-electron chi connectivity index (χ3n) is 10.4. The lowest BCUT2D eigenvalue weighted by Crippen LogP contribution is -2.48. The molecule has 3 aromatic heterocycles. The van der Waals surface area contributed by atoms with E-state index in [0.717, 1.165) is 45.1 Å². The Morgan fingerprint density at radius 1 is 0.861 bits per heavy atom. The smallest absolute Gasteiger partial charge is 0.224 e. The van der Waals surface area contributed by atoms with Gasteiger partial charge in [0.1, 0.15) is 12.9 Å². The fourth-order valence-electron chi connectivity index (χ4n) is 9.52. The van der Waals surface area contributed by atoms with Crippen LogP contribution in [0, 0.1) is 30.5 Å². The van der Waals surface area contributed by atoms with E-state index in [-0.39, 0.29) is 5.82 Å². The summed E-state index contributed by atoms with van der Waals surface area (Å²) in [5, 5.41) is 5.57. The number of rotatable bonds is 1. The molecule has 3 heterocycles. The summed E-state index contributed by atoms with van der Waals surface area (Å²) >= 11 is 0. The molecule has 0 amide bonds. The van der Waals surface area contributed by atoms with E-state index in [1.807, 2.05) is 6.07 Å². The van der Waals surface area contributed by atoms with Gasteiger partial charge in [-0.3, -0.25) is 0 Å². The molecule has 4 bridgehead atoms. The predicted molar refractivity (Wildman–Crippen MR) is 144 cm³/mol. The minimum atomic E-state index is -0.114. The minimum Gasteiger partial charge on any atom is -0.307 e. The Kier molecular flexibility index (Phi) is 3.53. The molecule has 0 radical (unpaired) electrons. The minimum absolute atomic E-state index is 0.114. The van der Waals surface area contributed by atoms with Crippen LogP contribution < -0.4 is 4.57 Å². The van der Waals surface area contributed by atoms with Crippen molar-refractivity contribution in [1.82, 2.24) is 4.40 Å². The third kappa shape index (κ3) is 2.27. The van der Waals surface area contributed by atoms with Gasteiger partial charge >= 0.3 is 0 Å². The van der Waals surface area contributed by atoms with Crippen LogP contribution in [0.15, 0.2) is 54.7 Å². The Morgan fingerprint density at radius 2 is 1.58 bits per heavy atom. The van der Waals surface area contributed by atoms with Crippen molar-refractivity contribution < 1.29 is 8.96 Å². The van der Waals surface area contributed by atoms with Crippen LogP contribution in [0.3, 0.4) is 0 Å². The van der Waals surface area contributed by atoms with Crippen LogP contribution in [0.5, 0.6) is 0 Å². The molecule has 36 heavy (non-hydrogen) atoms. The van der Waals surface area contributed by atoms with Gasteiger partial charge < -0.3 is 4.40 Å². The molecule has 0 unspecified atom stereocenters. The summed E-state index contributed by atoms with van der Waals surface area (Å²) in [5.74, 6) is 2.61. The molecule has 0 atom stereocenters. The number of pyridine rings is 2. The molecule has 10 rings (SSSR count). The van der Waals surface area contributed by atoms with Gasteiger partial charge in [-0.25, -0.2) is 8.96 Å². The zero-order valence-electron chi connectivity index (χ0n) is 20.9. The van der Waals surface area contributed by atoms with Crippen LogP contribution in [0.4, 0.5) is 4.39 Å². The molecule has 0 aliphatic heterocycles. The molecule has 4 aliphatic rings. The average molecular weight is 474 g/mol. The maximum atomic E-state index is 15.7. The van der Waals surface area contributed by atoms with Gasteiger partial charge in [0.25, 0.3) is 0 Å². The topological polar surface area (TPSA) is 8.29 Å². The van der Waals surface area contributed by atoms with Gasteiger partial charge in [-0.05, 0) is 109 Å². The molecule has 3 aromatic carbocycles. The van der Waals surface area contributed by atoms with Crippen molar-refractivity contribution in [3.63, 3.8) is 0 Å². The average Bonchev–Trinajstić information content (AvgIpc) is 3.20. The molecule has 4 aliphatic carbocycles. The summed E-state index contributed by atoms with van der Waals surface area (Å²) in [6, 6.07) is 17.5. The zero-order chi connectivity index (χ0) is 23.9. The summed E-state index contributed by atoms with van der Waals surface area (Å²) in [6.07, 6.45) is 10.6. The number of aryl methyl sites for hydroxylation is 2. The molecule has 4 saturated carbocycles. The summed E-state index contributed by atoms with van der Waals surface area (Å²) < 4.78 is 20.3. The second-order valence-corrected chi connectivity index (χ2v) is 12.6. The van der Waals surface area contributed by atoms with Crippen molar-refractivity contribution in [2.45, 2.75) is 50.9 Å². The van der Waals surface area contributed by atoms with Gasteiger partial charge in [-0.2, -0.15) is 0 Å². The molecular formula is C33H30FN2+. The van der Waals surface area contributed by atoms with Crippen molar-refractivity contribution in [3.8, 4) is 0 Å². The van der Waals surface area contributed by atoms with Crippen molar-refractivity contribution in [1.29, 1.82) is 0 Å². The lowest BCUT2D eigenvalue weighted by Gasteiger charge is -2.57. The lowest BCUT2D eigenvalue weighted by molar-refractivity contribution is -0.643. The van der Waals surface area contributed by atoms with E-state index in [0.29, 0.717) is 5.41 Å². The van der Waals surface area contributed by atoms with Gasteiger partial charge in [-0.15, -0.1) is 0 Å². The van der Waals surface area contributed by atoms with E-state index in [4.69, 9.17) is 0 Å². The van der Waals surface area contributed by atoms with Gasteiger partial charge in [0.2, 0.25) is 5.52 Å². The molecule has 3 heteroatoms.